The van der Waals surface area contributed by atoms with Crippen molar-refractivity contribution in [3.8, 4) is 11.4 Å². The molecule has 1 saturated heterocycles. The maximum absolute atomic E-state index is 15.2. The first-order valence-electron chi connectivity index (χ1n) is 11.4. The van der Waals surface area contributed by atoms with Crippen molar-refractivity contribution in [1.29, 1.82) is 0 Å². The Morgan fingerprint density at radius 3 is 2.77 bits per heavy atom. The van der Waals surface area contributed by atoms with Gasteiger partial charge >= 0.3 is 6.01 Å². The Morgan fingerprint density at radius 1 is 1.20 bits per heavy atom. The number of benzene rings is 2. The van der Waals surface area contributed by atoms with Crippen LogP contribution in [0.15, 0.2) is 45.8 Å². The van der Waals surface area contributed by atoms with E-state index in [2.05, 4.69) is 10.1 Å². The fourth-order valence-corrected chi connectivity index (χ4v) is 5.86. The fraction of sp³-hybridized carbons (Fsp3) is 0.375. The molecule has 1 unspecified atom stereocenters. The molecule has 3 aromatic rings. The van der Waals surface area contributed by atoms with Gasteiger partial charge in [-0.2, -0.15) is 4.98 Å². The molecule has 1 aliphatic carbocycles. The van der Waals surface area contributed by atoms with E-state index in [1.165, 1.54) is 17.0 Å². The lowest BCUT2D eigenvalue weighted by molar-refractivity contribution is -0.118. The molecular weight excluding hydrogens is 495 g/mol. The van der Waals surface area contributed by atoms with Crippen LogP contribution in [0.5, 0.6) is 0 Å². The highest BCUT2D eigenvalue weighted by Gasteiger charge is 2.48. The average molecular weight is 517 g/mol. The topological polar surface area (TPSA) is 88.8 Å². The number of ether oxygens (including phenoxy) is 1. The smallest absolute Gasteiger partial charge is 0.324 e. The number of aromatic nitrogens is 2. The summed E-state index contributed by atoms with van der Waals surface area (Å²) in [5.41, 5.74) is 1.18. The van der Waals surface area contributed by atoms with Crippen LogP contribution in [0.2, 0.25) is 5.02 Å². The molecule has 0 N–H and O–H groups in total. The number of fused-ring (bicyclic) bond motifs is 1. The van der Waals surface area contributed by atoms with Crippen LogP contribution >= 0.6 is 11.6 Å². The molecule has 182 valence electrons. The maximum Gasteiger partial charge on any atom is 0.324 e. The lowest BCUT2D eigenvalue weighted by Crippen LogP contribution is -2.44. The number of nitrogens with zero attached hydrogens (tertiary/aromatic N) is 4. The minimum absolute atomic E-state index is 0.0746. The van der Waals surface area contributed by atoms with Crippen molar-refractivity contribution in [2.75, 3.05) is 35.2 Å². The molecule has 1 saturated carbocycles. The van der Waals surface area contributed by atoms with Gasteiger partial charge in [-0.05, 0) is 42.7 Å². The standard InChI is InChI=1S/C24H22ClFN4O4S/c25-16-3-1-15(2-4-16)13-30-19-11-17(18(26)12-20(19)35(32)10-5-21(30)31)22-27-23(34-28-22)29-8-9-33-24(14-29)6-7-24/h1-4,11-12H,5-10,13-14H2. The van der Waals surface area contributed by atoms with Gasteiger partial charge in [0.05, 0.1) is 52.2 Å². The van der Waals surface area contributed by atoms with E-state index in [0.29, 0.717) is 36.4 Å². The molecule has 3 heterocycles. The predicted octanol–water partition coefficient (Wildman–Crippen LogP) is 3.94. The molecule has 2 aromatic carbocycles. The van der Waals surface area contributed by atoms with E-state index < -0.39 is 16.6 Å². The van der Waals surface area contributed by atoms with Gasteiger partial charge in [-0.1, -0.05) is 28.9 Å². The summed E-state index contributed by atoms with van der Waals surface area (Å²) in [6.45, 7) is 2.07. The lowest BCUT2D eigenvalue weighted by Gasteiger charge is -2.31. The van der Waals surface area contributed by atoms with Crippen molar-refractivity contribution in [3.05, 3.63) is 52.8 Å². The van der Waals surface area contributed by atoms with E-state index >= 15 is 4.39 Å². The molecule has 0 bridgehead atoms. The van der Waals surface area contributed by atoms with Gasteiger partial charge in [0.15, 0.2) is 0 Å². The Kier molecular flexibility index (Phi) is 5.62. The SMILES string of the molecule is O=C1CCS(=O)c2cc(F)c(-c3noc(N4CCOC5(CC5)C4)n3)cc2N1Cc1ccc(Cl)cc1. The number of hydrogen-bond acceptors (Lipinski definition) is 7. The molecule has 1 spiro atoms. The van der Waals surface area contributed by atoms with Gasteiger partial charge in [0.1, 0.15) is 5.82 Å². The fourth-order valence-electron chi connectivity index (χ4n) is 4.52. The third-order valence-electron chi connectivity index (χ3n) is 6.62. The number of amides is 1. The minimum Gasteiger partial charge on any atom is -0.371 e. The summed E-state index contributed by atoms with van der Waals surface area (Å²) in [5, 5.41) is 4.60. The normalized spacial score (nSPS) is 21.2. The highest BCUT2D eigenvalue weighted by atomic mass is 35.5. The summed E-state index contributed by atoms with van der Waals surface area (Å²) in [6.07, 6.45) is 2.09. The van der Waals surface area contributed by atoms with Crippen molar-refractivity contribution >= 4 is 40.0 Å². The van der Waals surface area contributed by atoms with Crippen molar-refractivity contribution in [2.24, 2.45) is 0 Å². The molecule has 1 amide bonds. The molecule has 0 radical (unpaired) electrons. The quantitative estimate of drug-likeness (QED) is 0.519. The Labute approximate surface area is 208 Å². The molecule has 3 aliphatic rings. The Morgan fingerprint density at radius 2 is 2.00 bits per heavy atom. The van der Waals surface area contributed by atoms with Gasteiger partial charge in [-0.3, -0.25) is 9.00 Å². The van der Waals surface area contributed by atoms with Gasteiger partial charge in [0.2, 0.25) is 11.7 Å². The minimum atomic E-state index is -1.52. The van der Waals surface area contributed by atoms with Crippen LogP contribution in [0.3, 0.4) is 0 Å². The maximum atomic E-state index is 15.2. The van der Waals surface area contributed by atoms with E-state index in [9.17, 15) is 9.00 Å². The number of halogens is 2. The molecule has 1 atom stereocenters. The average Bonchev–Trinajstić information content (AvgIpc) is 3.43. The van der Waals surface area contributed by atoms with Crippen LogP contribution in [-0.4, -0.2) is 51.3 Å². The first-order chi connectivity index (χ1) is 16.9. The van der Waals surface area contributed by atoms with Crippen molar-refractivity contribution in [2.45, 2.75) is 36.3 Å². The highest BCUT2D eigenvalue weighted by molar-refractivity contribution is 7.85. The number of morpholine rings is 1. The van der Waals surface area contributed by atoms with Crippen LogP contribution in [0.1, 0.15) is 24.8 Å². The zero-order chi connectivity index (χ0) is 24.2. The van der Waals surface area contributed by atoms with Gasteiger partial charge in [0, 0.05) is 23.7 Å². The first-order valence-corrected chi connectivity index (χ1v) is 13.1. The van der Waals surface area contributed by atoms with Crippen LogP contribution in [0, 0.1) is 5.82 Å². The summed E-state index contributed by atoms with van der Waals surface area (Å²) < 4.78 is 39.4. The second-order valence-electron chi connectivity index (χ2n) is 9.06. The van der Waals surface area contributed by atoms with Gasteiger partial charge in [0.25, 0.3) is 0 Å². The third kappa shape index (κ3) is 4.34. The van der Waals surface area contributed by atoms with Crippen molar-refractivity contribution in [1.82, 2.24) is 10.1 Å². The third-order valence-corrected chi connectivity index (χ3v) is 8.27. The first kappa shape index (κ1) is 22.6. The molecule has 2 fully saturated rings. The lowest BCUT2D eigenvalue weighted by atomic mass is 10.1. The second kappa shape index (κ2) is 8.69. The summed E-state index contributed by atoms with van der Waals surface area (Å²) in [5.74, 6) is -0.606. The molecule has 35 heavy (non-hydrogen) atoms. The Bertz CT molecular complexity index is 1330. The Balaban J connectivity index is 1.36. The molecule has 11 heteroatoms. The molecule has 8 nitrogen and oxygen atoms in total. The van der Waals surface area contributed by atoms with Crippen molar-refractivity contribution < 1.29 is 22.7 Å². The summed E-state index contributed by atoms with van der Waals surface area (Å²) in [4.78, 5) is 21.2. The summed E-state index contributed by atoms with van der Waals surface area (Å²) in [6, 6.07) is 10.2. The number of carbonyl (C=O) groups is 1. The Hall–Kier alpha value is -2.82. The van der Waals surface area contributed by atoms with Gasteiger partial charge < -0.3 is 19.1 Å². The second-order valence-corrected chi connectivity index (χ2v) is 11.0. The van der Waals surface area contributed by atoms with Crippen LogP contribution in [-0.2, 0) is 26.9 Å². The van der Waals surface area contributed by atoms with E-state index in [4.69, 9.17) is 20.9 Å². The van der Waals surface area contributed by atoms with Gasteiger partial charge in [-0.15, -0.1) is 0 Å². The number of anilines is 2. The number of rotatable bonds is 4. The van der Waals surface area contributed by atoms with Crippen molar-refractivity contribution in [3.63, 3.8) is 0 Å². The zero-order valence-corrected chi connectivity index (χ0v) is 20.3. The highest BCUT2D eigenvalue weighted by Crippen LogP contribution is 2.43. The molecular formula is C24H22ClFN4O4S. The van der Waals surface area contributed by atoms with Crippen LogP contribution in [0.25, 0.3) is 11.4 Å². The van der Waals surface area contributed by atoms with Gasteiger partial charge in [-0.25, -0.2) is 4.39 Å². The van der Waals surface area contributed by atoms with E-state index in [1.54, 1.807) is 12.1 Å². The predicted molar refractivity (Wildman–Crippen MR) is 128 cm³/mol. The number of hydrogen-bond donors (Lipinski definition) is 0. The summed E-state index contributed by atoms with van der Waals surface area (Å²) >= 11 is 6.00. The molecule has 1 aromatic heterocycles. The van der Waals surface area contributed by atoms with E-state index in [0.717, 1.165) is 18.4 Å². The van der Waals surface area contributed by atoms with E-state index in [1.807, 2.05) is 17.0 Å². The number of carbonyl (C=O) groups excluding carboxylic acids is 1. The van der Waals surface area contributed by atoms with E-state index in [-0.39, 0.29) is 46.5 Å². The molecule has 2 aliphatic heterocycles. The van der Waals surface area contributed by atoms with Crippen LogP contribution < -0.4 is 9.80 Å². The summed E-state index contributed by atoms with van der Waals surface area (Å²) in [7, 11) is -1.52. The molecule has 6 rings (SSSR count). The van der Waals surface area contributed by atoms with Crippen LogP contribution in [0.4, 0.5) is 16.1 Å². The largest absolute Gasteiger partial charge is 0.371 e. The zero-order valence-electron chi connectivity index (χ0n) is 18.7. The monoisotopic (exact) mass is 516 g/mol.